The van der Waals surface area contributed by atoms with Gasteiger partial charge in [0, 0.05) is 23.1 Å². The van der Waals surface area contributed by atoms with Crippen LogP contribution in [0.4, 0.5) is 0 Å². The van der Waals surface area contributed by atoms with Gasteiger partial charge in [0.1, 0.15) is 17.1 Å². The smallest absolute Gasteiger partial charge is 0.124 e. The van der Waals surface area contributed by atoms with E-state index in [1.165, 1.54) is 31.2 Å². The van der Waals surface area contributed by atoms with Crippen LogP contribution < -0.4 is 4.74 Å². The molecule has 132 valence electrons. The summed E-state index contributed by atoms with van der Waals surface area (Å²) in [4.78, 5) is 0. The van der Waals surface area contributed by atoms with Crippen LogP contribution in [0.15, 0.2) is 18.2 Å². The molecule has 2 heteroatoms. The third kappa shape index (κ3) is 3.20. The summed E-state index contributed by atoms with van der Waals surface area (Å²) in [5.74, 6) is 1.47. The van der Waals surface area contributed by atoms with Gasteiger partial charge in [-0.05, 0) is 50.5 Å². The Kier molecular flexibility index (Phi) is 4.44. The normalized spacial score (nSPS) is 19.7. The fourth-order valence-electron chi connectivity index (χ4n) is 4.33. The average Bonchev–Trinajstić information content (AvgIpc) is 2.66. The average molecular weight is 328 g/mol. The highest BCUT2D eigenvalue weighted by Crippen LogP contribution is 2.49. The molecular formula is C22H32O2. The van der Waals surface area contributed by atoms with E-state index >= 15 is 0 Å². The maximum atomic E-state index is 11.0. The van der Waals surface area contributed by atoms with Crippen molar-refractivity contribution >= 4 is 0 Å². The minimum atomic E-state index is -0.106. The fraction of sp³-hybridized carbons (Fsp3) is 0.636. The van der Waals surface area contributed by atoms with Crippen molar-refractivity contribution in [1.82, 2.24) is 0 Å². The van der Waals surface area contributed by atoms with Crippen molar-refractivity contribution < 1.29 is 9.84 Å². The lowest BCUT2D eigenvalue weighted by atomic mass is 9.81. The number of allylic oxidation sites excluding steroid dienone is 1. The molecule has 0 aromatic heterocycles. The van der Waals surface area contributed by atoms with Crippen LogP contribution in [0.2, 0.25) is 0 Å². The van der Waals surface area contributed by atoms with Gasteiger partial charge in [-0.3, -0.25) is 0 Å². The Labute approximate surface area is 146 Å². The van der Waals surface area contributed by atoms with Crippen LogP contribution in [0.1, 0.15) is 82.9 Å². The second-order valence-electron chi connectivity index (χ2n) is 8.99. The Hall–Kier alpha value is -1.44. The van der Waals surface area contributed by atoms with E-state index in [0.29, 0.717) is 5.75 Å². The maximum absolute atomic E-state index is 11.0. The van der Waals surface area contributed by atoms with Crippen LogP contribution in [0.25, 0.3) is 0 Å². The topological polar surface area (TPSA) is 29.5 Å². The number of fused-ring (bicyclic) bond motifs is 1. The molecule has 1 aliphatic carbocycles. The number of aromatic hydroxyl groups is 1. The largest absolute Gasteiger partial charge is 0.507 e. The number of phenols is 1. The molecule has 0 saturated heterocycles. The molecule has 2 nitrogen and oxygen atoms in total. The van der Waals surface area contributed by atoms with Gasteiger partial charge >= 0.3 is 0 Å². The highest BCUT2D eigenvalue weighted by molar-refractivity contribution is 5.58. The minimum Gasteiger partial charge on any atom is -0.507 e. The molecule has 0 atom stereocenters. The van der Waals surface area contributed by atoms with Crippen LogP contribution in [0.5, 0.6) is 11.5 Å². The van der Waals surface area contributed by atoms with Crippen LogP contribution in [0.3, 0.4) is 0 Å². The molecule has 1 aromatic carbocycles. The van der Waals surface area contributed by atoms with E-state index in [2.05, 4.69) is 33.4 Å². The Morgan fingerprint density at radius 3 is 2.38 bits per heavy atom. The van der Waals surface area contributed by atoms with E-state index in [9.17, 15) is 5.11 Å². The Balaban J connectivity index is 2.08. The first-order chi connectivity index (χ1) is 11.2. The van der Waals surface area contributed by atoms with Crippen molar-refractivity contribution in [2.45, 2.75) is 90.1 Å². The van der Waals surface area contributed by atoms with Gasteiger partial charge in [0.15, 0.2) is 0 Å². The lowest BCUT2D eigenvalue weighted by Crippen LogP contribution is -2.33. The van der Waals surface area contributed by atoms with Gasteiger partial charge in [-0.25, -0.2) is 0 Å². The SMILES string of the molecule is C=C(C)Cc1c(O)c(C(C)(C)C)cc2c1CC1(CCCCCC1)O2. The molecule has 0 bridgehead atoms. The second-order valence-corrected chi connectivity index (χ2v) is 8.99. The number of rotatable bonds is 2. The van der Waals surface area contributed by atoms with Gasteiger partial charge in [0.2, 0.25) is 0 Å². The highest BCUT2D eigenvalue weighted by atomic mass is 16.5. The summed E-state index contributed by atoms with van der Waals surface area (Å²) < 4.78 is 6.59. The number of hydrogen-bond donors (Lipinski definition) is 1. The molecular weight excluding hydrogens is 296 g/mol. The van der Waals surface area contributed by atoms with Gasteiger partial charge in [-0.1, -0.05) is 45.8 Å². The van der Waals surface area contributed by atoms with Gasteiger partial charge < -0.3 is 9.84 Å². The van der Waals surface area contributed by atoms with Crippen molar-refractivity contribution in [1.29, 1.82) is 0 Å². The number of ether oxygens (including phenoxy) is 1. The van der Waals surface area contributed by atoms with E-state index in [4.69, 9.17) is 4.74 Å². The first-order valence-corrected chi connectivity index (χ1v) is 9.43. The summed E-state index contributed by atoms with van der Waals surface area (Å²) in [6, 6.07) is 2.10. The first-order valence-electron chi connectivity index (χ1n) is 9.43. The molecule has 0 unspecified atom stereocenters. The lowest BCUT2D eigenvalue weighted by Gasteiger charge is -2.27. The summed E-state index contributed by atoms with van der Waals surface area (Å²) in [7, 11) is 0. The molecule has 3 rings (SSSR count). The maximum Gasteiger partial charge on any atom is 0.124 e. The minimum absolute atomic E-state index is 0.0361. The zero-order valence-corrected chi connectivity index (χ0v) is 15.8. The summed E-state index contributed by atoms with van der Waals surface area (Å²) in [6.45, 7) is 12.6. The molecule has 1 spiro atoms. The fourth-order valence-corrected chi connectivity index (χ4v) is 4.33. The van der Waals surface area contributed by atoms with Gasteiger partial charge in [-0.15, -0.1) is 0 Å². The molecule has 1 N–H and O–H groups in total. The van der Waals surface area contributed by atoms with E-state index < -0.39 is 0 Å². The summed E-state index contributed by atoms with van der Waals surface area (Å²) in [6.07, 6.45) is 9.10. The second kappa shape index (κ2) is 6.13. The van der Waals surface area contributed by atoms with E-state index in [-0.39, 0.29) is 11.0 Å². The number of benzene rings is 1. The Bertz CT molecular complexity index is 641. The standard InChI is InChI=1S/C22H32O2/c1-15(2)12-16-17-14-22(10-8-6-7-9-11-22)24-19(17)13-18(20(16)23)21(3,4)5/h13,23H,1,6-12,14H2,2-5H3. The highest BCUT2D eigenvalue weighted by Gasteiger charge is 2.42. The van der Waals surface area contributed by atoms with E-state index in [1.807, 2.05) is 6.92 Å². The Morgan fingerprint density at radius 1 is 1.21 bits per heavy atom. The third-order valence-corrected chi connectivity index (χ3v) is 5.60. The number of phenolic OH excluding ortho intramolecular Hbond substituents is 1. The molecule has 0 amide bonds. The van der Waals surface area contributed by atoms with Crippen LogP contribution in [-0.4, -0.2) is 10.7 Å². The molecule has 24 heavy (non-hydrogen) atoms. The summed E-state index contributed by atoms with van der Waals surface area (Å²) in [5, 5.41) is 11.0. The van der Waals surface area contributed by atoms with Crippen LogP contribution >= 0.6 is 0 Å². The van der Waals surface area contributed by atoms with Gasteiger partial charge in [0.25, 0.3) is 0 Å². The van der Waals surface area contributed by atoms with Crippen molar-refractivity contribution in [3.05, 3.63) is 34.9 Å². The quantitative estimate of drug-likeness (QED) is 0.691. The molecule has 1 aliphatic heterocycles. The summed E-state index contributed by atoms with van der Waals surface area (Å²) in [5.41, 5.74) is 4.21. The van der Waals surface area contributed by atoms with E-state index in [1.54, 1.807) is 0 Å². The molecule has 0 radical (unpaired) electrons. The van der Waals surface area contributed by atoms with E-state index in [0.717, 1.165) is 48.1 Å². The monoisotopic (exact) mass is 328 g/mol. The molecule has 2 aliphatic rings. The zero-order valence-electron chi connectivity index (χ0n) is 15.8. The first kappa shape index (κ1) is 17.4. The zero-order chi connectivity index (χ0) is 17.5. The predicted molar refractivity (Wildman–Crippen MR) is 100 cm³/mol. The van der Waals surface area contributed by atoms with Crippen LogP contribution in [0, 0.1) is 0 Å². The Morgan fingerprint density at radius 2 is 1.83 bits per heavy atom. The molecule has 1 heterocycles. The predicted octanol–water partition coefficient (Wildman–Crippen LogP) is 5.84. The van der Waals surface area contributed by atoms with Crippen LogP contribution in [-0.2, 0) is 18.3 Å². The van der Waals surface area contributed by atoms with Crippen molar-refractivity contribution in [3.8, 4) is 11.5 Å². The molecule has 1 aromatic rings. The number of hydrogen-bond acceptors (Lipinski definition) is 2. The summed E-state index contributed by atoms with van der Waals surface area (Å²) >= 11 is 0. The molecule has 1 saturated carbocycles. The van der Waals surface area contributed by atoms with Crippen molar-refractivity contribution in [2.24, 2.45) is 0 Å². The molecule has 1 fully saturated rings. The lowest BCUT2D eigenvalue weighted by molar-refractivity contribution is 0.0771. The van der Waals surface area contributed by atoms with Crippen molar-refractivity contribution in [2.75, 3.05) is 0 Å². The van der Waals surface area contributed by atoms with Gasteiger partial charge in [-0.2, -0.15) is 0 Å². The third-order valence-electron chi connectivity index (χ3n) is 5.60. The van der Waals surface area contributed by atoms with Crippen molar-refractivity contribution in [3.63, 3.8) is 0 Å². The van der Waals surface area contributed by atoms with Gasteiger partial charge in [0.05, 0.1) is 0 Å².